The fourth-order valence-electron chi connectivity index (χ4n) is 2.38. The van der Waals surface area contributed by atoms with Gasteiger partial charge < -0.3 is 14.8 Å². The van der Waals surface area contributed by atoms with Crippen molar-refractivity contribution in [2.45, 2.75) is 32.7 Å². The van der Waals surface area contributed by atoms with Crippen LogP contribution in [0.5, 0.6) is 11.5 Å². The monoisotopic (exact) mass is 327 g/mol. The fraction of sp³-hybridized carbons (Fsp3) is 0.600. The molecule has 4 heteroatoms. The highest BCUT2D eigenvalue weighted by Gasteiger charge is 2.39. The Balaban J connectivity index is 1.98. The minimum absolute atomic E-state index is 0.577. The quantitative estimate of drug-likeness (QED) is 0.827. The first-order chi connectivity index (χ1) is 9.14. The Morgan fingerprint density at radius 3 is 2.53 bits per heavy atom. The summed E-state index contributed by atoms with van der Waals surface area (Å²) < 4.78 is 11.6. The molecule has 0 aliphatic heterocycles. The van der Waals surface area contributed by atoms with Crippen LogP contribution in [0.2, 0.25) is 0 Å². The van der Waals surface area contributed by atoms with Gasteiger partial charge in [-0.05, 0) is 58.3 Å². The predicted molar refractivity (Wildman–Crippen MR) is 80.9 cm³/mol. The summed E-state index contributed by atoms with van der Waals surface area (Å²) in [6, 6.07) is 4.11. The van der Waals surface area contributed by atoms with Crippen molar-refractivity contribution in [2.24, 2.45) is 5.41 Å². The Morgan fingerprint density at radius 1 is 1.26 bits per heavy atom. The molecule has 1 aliphatic carbocycles. The molecule has 1 N–H and O–H groups in total. The number of hydrogen-bond donors (Lipinski definition) is 1. The lowest BCUT2D eigenvalue weighted by Gasteiger charge is -2.15. The first-order valence-corrected chi connectivity index (χ1v) is 7.54. The Hall–Kier alpha value is -0.740. The van der Waals surface area contributed by atoms with Crippen molar-refractivity contribution in [2.75, 3.05) is 20.8 Å². The molecule has 1 aliphatic rings. The molecule has 0 radical (unpaired) electrons. The molecule has 0 saturated heterocycles. The van der Waals surface area contributed by atoms with E-state index in [2.05, 4.69) is 34.2 Å². The van der Waals surface area contributed by atoms with Crippen LogP contribution in [0.1, 0.15) is 31.7 Å². The molecule has 2 rings (SSSR count). The van der Waals surface area contributed by atoms with Crippen LogP contribution in [0.25, 0.3) is 0 Å². The van der Waals surface area contributed by atoms with Crippen molar-refractivity contribution in [3.05, 3.63) is 22.2 Å². The van der Waals surface area contributed by atoms with Gasteiger partial charge in [0.1, 0.15) is 0 Å². The molecular weight excluding hydrogens is 306 g/mol. The van der Waals surface area contributed by atoms with E-state index in [1.807, 2.05) is 6.07 Å². The van der Waals surface area contributed by atoms with Crippen molar-refractivity contribution in [1.82, 2.24) is 5.32 Å². The third kappa shape index (κ3) is 3.42. The minimum atomic E-state index is 0.577. The number of ether oxygens (including phenoxy) is 2. The van der Waals surface area contributed by atoms with Crippen LogP contribution in [-0.2, 0) is 6.54 Å². The number of halogens is 1. The summed E-state index contributed by atoms with van der Waals surface area (Å²) >= 11 is 3.52. The zero-order chi connectivity index (χ0) is 13.9. The molecule has 1 aromatic carbocycles. The molecule has 0 bridgehead atoms. The SMILES string of the molecule is CCC1(CNCc2cc(Br)c(OC)c(OC)c2)CC1. The summed E-state index contributed by atoms with van der Waals surface area (Å²) in [4.78, 5) is 0. The van der Waals surface area contributed by atoms with Crippen LogP contribution in [0, 0.1) is 5.41 Å². The van der Waals surface area contributed by atoms with Gasteiger partial charge >= 0.3 is 0 Å². The van der Waals surface area contributed by atoms with Gasteiger partial charge in [0.05, 0.1) is 18.7 Å². The molecule has 1 fully saturated rings. The van der Waals surface area contributed by atoms with Gasteiger partial charge in [-0.3, -0.25) is 0 Å². The van der Waals surface area contributed by atoms with E-state index >= 15 is 0 Å². The molecule has 19 heavy (non-hydrogen) atoms. The summed E-state index contributed by atoms with van der Waals surface area (Å²) in [5.41, 5.74) is 1.78. The number of benzene rings is 1. The second-order valence-corrected chi connectivity index (χ2v) is 6.12. The van der Waals surface area contributed by atoms with E-state index < -0.39 is 0 Å². The lowest BCUT2D eigenvalue weighted by Crippen LogP contribution is -2.23. The molecule has 0 atom stereocenters. The fourth-order valence-corrected chi connectivity index (χ4v) is 3.03. The zero-order valence-electron chi connectivity index (χ0n) is 11.9. The van der Waals surface area contributed by atoms with E-state index in [1.165, 1.54) is 24.8 Å². The van der Waals surface area contributed by atoms with Crippen LogP contribution in [0.4, 0.5) is 0 Å². The molecule has 0 heterocycles. The number of rotatable bonds is 7. The van der Waals surface area contributed by atoms with Crippen LogP contribution < -0.4 is 14.8 Å². The van der Waals surface area contributed by atoms with Crippen LogP contribution in [0.15, 0.2) is 16.6 Å². The molecule has 1 aromatic rings. The highest BCUT2D eigenvalue weighted by atomic mass is 79.9. The largest absolute Gasteiger partial charge is 0.493 e. The summed E-state index contributed by atoms with van der Waals surface area (Å²) in [5, 5.41) is 3.55. The van der Waals surface area contributed by atoms with E-state index in [1.54, 1.807) is 14.2 Å². The highest BCUT2D eigenvalue weighted by molar-refractivity contribution is 9.10. The first-order valence-electron chi connectivity index (χ1n) is 6.75. The van der Waals surface area contributed by atoms with Gasteiger partial charge in [-0.25, -0.2) is 0 Å². The van der Waals surface area contributed by atoms with Crippen molar-refractivity contribution >= 4 is 15.9 Å². The van der Waals surface area contributed by atoms with E-state index in [9.17, 15) is 0 Å². The smallest absolute Gasteiger partial charge is 0.174 e. The van der Waals surface area contributed by atoms with Crippen molar-refractivity contribution in [3.63, 3.8) is 0 Å². The second-order valence-electron chi connectivity index (χ2n) is 5.27. The lowest BCUT2D eigenvalue weighted by atomic mass is 10.0. The summed E-state index contributed by atoms with van der Waals surface area (Å²) in [7, 11) is 3.32. The van der Waals surface area contributed by atoms with Gasteiger partial charge in [-0.2, -0.15) is 0 Å². The number of nitrogens with one attached hydrogen (secondary N) is 1. The summed E-state index contributed by atoms with van der Waals surface area (Å²) in [5.74, 6) is 1.52. The van der Waals surface area contributed by atoms with E-state index in [0.29, 0.717) is 5.41 Å². The third-order valence-corrected chi connectivity index (χ3v) is 4.62. The molecule has 0 unspecified atom stereocenters. The van der Waals surface area contributed by atoms with Crippen molar-refractivity contribution < 1.29 is 9.47 Å². The Kier molecular flexibility index (Phi) is 4.74. The Morgan fingerprint density at radius 2 is 2.00 bits per heavy atom. The third-order valence-electron chi connectivity index (χ3n) is 4.03. The maximum Gasteiger partial charge on any atom is 0.174 e. The summed E-state index contributed by atoms with van der Waals surface area (Å²) in [6.07, 6.45) is 4.01. The summed E-state index contributed by atoms with van der Waals surface area (Å²) in [6.45, 7) is 4.25. The van der Waals surface area contributed by atoms with E-state index in [-0.39, 0.29) is 0 Å². The molecule has 0 spiro atoms. The normalized spacial score (nSPS) is 16.2. The predicted octanol–water partition coefficient (Wildman–Crippen LogP) is 3.75. The van der Waals surface area contributed by atoms with Crippen molar-refractivity contribution in [1.29, 1.82) is 0 Å². The molecule has 0 amide bonds. The average Bonchev–Trinajstić information content (AvgIpc) is 3.18. The maximum atomic E-state index is 5.36. The standard InChI is InChI=1S/C15H22BrNO2/c1-4-15(5-6-15)10-17-9-11-7-12(16)14(19-3)13(8-11)18-2/h7-8,17H,4-6,9-10H2,1-3H3. The van der Waals surface area contributed by atoms with Gasteiger partial charge in [0.2, 0.25) is 0 Å². The lowest BCUT2D eigenvalue weighted by molar-refractivity contribution is 0.352. The van der Waals surface area contributed by atoms with Gasteiger partial charge in [0.25, 0.3) is 0 Å². The topological polar surface area (TPSA) is 30.5 Å². The molecule has 0 aromatic heterocycles. The minimum Gasteiger partial charge on any atom is -0.493 e. The van der Waals surface area contributed by atoms with Crippen LogP contribution in [-0.4, -0.2) is 20.8 Å². The van der Waals surface area contributed by atoms with Crippen LogP contribution >= 0.6 is 15.9 Å². The first kappa shape index (κ1) is 14.7. The van der Waals surface area contributed by atoms with Gasteiger partial charge in [0.15, 0.2) is 11.5 Å². The van der Waals surface area contributed by atoms with E-state index in [0.717, 1.165) is 29.1 Å². The Labute approximate surface area is 123 Å². The highest BCUT2D eigenvalue weighted by Crippen LogP contribution is 2.47. The average molecular weight is 328 g/mol. The van der Waals surface area contributed by atoms with Crippen LogP contribution in [0.3, 0.4) is 0 Å². The molecule has 3 nitrogen and oxygen atoms in total. The van der Waals surface area contributed by atoms with E-state index in [4.69, 9.17) is 9.47 Å². The van der Waals surface area contributed by atoms with Crippen molar-refractivity contribution in [3.8, 4) is 11.5 Å². The molecular formula is C15H22BrNO2. The maximum absolute atomic E-state index is 5.36. The molecule has 1 saturated carbocycles. The van der Waals surface area contributed by atoms with Gasteiger partial charge in [-0.15, -0.1) is 0 Å². The second kappa shape index (κ2) is 6.14. The Bertz CT molecular complexity index is 444. The number of methoxy groups -OCH3 is 2. The van der Waals surface area contributed by atoms with Gasteiger partial charge in [0, 0.05) is 13.1 Å². The van der Waals surface area contributed by atoms with Gasteiger partial charge in [-0.1, -0.05) is 6.92 Å². The molecule has 106 valence electrons. The number of hydrogen-bond acceptors (Lipinski definition) is 3. The zero-order valence-corrected chi connectivity index (χ0v) is 13.5.